The molecule has 96 valence electrons. The van der Waals surface area contributed by atoms with E-state index in [1.165, 1.54) is 22.3 Å². The predicted molar refractivity (Wildman–Crippen MR) is 73.2 cm³/mol. The molecule has 2 heteroatoms. The number of nitrogens with one attached hydrogen (secondary N) is 1. The molecule has 0 amide bonds. The van der Waals surface area contributed by atoms with Crippen LogP contribution in [0.2, 0.25) is 0 Å². The molecule has 0 heterocycles. The third-order valence-corrected chi connectivity index (χ3v) is 3.41. The molecule has 0 fully saturated rings. The second-order valence-corrected chi connectivity index (χ2v) is 4.97. The van der Waals surface area contributed by atoms with Crippen LogP contribution in [0.3, 0.4) is 0 Å². The van der Waals surface area contributed by atoms with Crippen LogP contribution in [-0.4, -0.2) is 18.3 Å². The molecule has 2 nitrogen and oxygen atoms in total. The Morgan fingerprint density at radius 3 is 2.24 bits per heavy atom. The molecule has 2 N–H and O–H groups in total. The van der Waals surface area contributed by atoms with Crippen LogP contribution in [-0.2, 0) is 6.54 Å². The molecule has 1 rings (SSSR count). The molecule has 17 heavy (non-hydrogen) atoms. The van der Waals surface area contributed by atoms with Gasteiger partial charge >= 0.3 is 0 Å². The van der Waals surface area contributed by atoms with Crippen molar-refractivity contribution < 1.29 is 5.11 Å². The summed E-state index contributed by atoms with van der Waals surface area (Å²) in [5.41, 5.74) is 5.42. The van der Waals surface area contributed by atoms with Gasteiger partial charge in [0.2, 0.25) is 0 Å². The summed E-state index contributed by atoms with van der Waals surface area (Å²) in [5, 5.41) is 12.6. The molecule has 1 atom stereocenters. The lowest BCUT2D eigenvalue weighted by molar-refractivity contribution is 0.218. The maximum Gasteiger partial charge on any atom is 0.0471 e. The molecule has 1 aromatic carbocycles. The third kappa shape index (κ3) is 4.14. The van der Waals surface area contributed by atoms with Crippen molar-refractivity contribution in [2.24, 2.45) is 5.92 Å². The van der Waals surface area contributed by atoms with Crippen LogP contribution in [0.1, 0.15) is 35.6 Å². The number of hydrogen-bond donors (Lipinski definition) is 2. The molecule has 0 aromatic heterocycles. The molecule has 0 aliphatic heterocycles. The standard InChI is InChI=1S/C15H25NO/c1-5-14(10-17)8-16-9-15-12(3)6-11(2)7-13(15)4/h6-7,14,16-17H,5,8-10H2,1-4H3. The Balaban J connectivity index is 2.58. The van der Waals surface area contributed by atoms with E-state index in [1.54, 1.807) is 0 Å². The van der Waals surface area contributed by atoms with E-state index in [-0.39, 0.29) is 6.61 Å². The van der Waals surface area contributed by atoms with Gasteiger partial charge in [-0.1, -0.05) is 24.6 Å². The van der Waals surface area contributed by atoms with Crippen molar-refractivity contribution in [1.29, 1.82) is 0 Å². The van der Waals surface area contributed by atoms with Gasteiger partial charge in [0.1, 0.15) is 0 Å². The highest BCUT2D eigenvalue weighted by atomic mass is 16.3. The maximum absolute atomic E-state index is 9.13. The third-order valence-electron chi connectivity index (χ3n) is 3.41. The molecular formula is C15H25NO. The lowest BCUT2D eigenvalue weighted by atomic mass is 9.99. The van der Waals surface area contributed by atoms with Crippen molar-refractivity contribution in [3.63, 3.8) is 0 Å². The first-order valence-electron chi connectivity index (χ1n) is 6.46. The van der Waals surface area contributed by atoms with Crippen molar-refractivity contribution in [3.05, 3.63) is 34.4 Å². The Bertz CT molecular complexity index is 333. The first-order valence-corrected chi connectivity index (χ1v) is 6.46. The fourth-order valence-electron chi connectivity index (χ4n) is 2.23. The van der Waals surface area contributed by atoms with E-state index < -0.39 is 0 Å². The van der Waals surface area contributed by atoms with Crippen LogP contribution in [0.15, 0.2) is 12.1 Å². The number of hydrogen-bond acceptors (Lipinski definition) is 2. The average Bonchev–Trinajstić information content (AvgIpc) is 2.27. The molecule has 0 spiro atoms. The van der Waals surface area contributed by atoms with E-state index in [2.05, 4.69) is 45.1 Å². The van der Waals surface area contributed by atoms with Gasteiger partial charge in [-0.2, -0.15) is 0 Å². The Morgan fingerprint density at radius 1 is 1.18 bits per heavy atom. The quantitative estimate of drug-likeness (QED) is 0.794. The number of rotatable bonds is 6. The number of benzene rings is 1. The van der Waals surface area contributed by atoms with Crippen LogP contribution in [0.4, 0.5) is 0 Å². The predicted octanol–water partition coefficient (Wildman–Crippen LogP) is 2.72. The van der Waals surface area contributed by atoms with Crippen molar-refractivity contribution >= 4 is 0 Å². The zero-order valence-corrected chi connectivity index (χ0v) is 11.5. The molecule has 0 aliphatic rings. The van der Waals surface area contributed by atoms with Gasteiger partial charge in [0, 0.05) is 19.7 Å². The van der Waals surface area contributed by atoms with Crippen molar-refractivity contribution in [1.82, 2.24) is 5.32 Å². The lowest BCUT2D eigenvalue weighted by Gasteiger charge is -2.15. The van der Waals surface area contributed by atoms with E-state index in [0.717, 1.165) is 19.5 Å². The highest BCUT2D eigenvalue weighted by molar-refractivity contribution is 5.37. The van der Waals surface area contributed by atoms with Crippen molar-refractivity contribution in [2.45, 2.75) is 40.7 Å². The summed E-state index contributed by atoms with van der Waals surface area (Å²) >= 11 is 0. The van der Waals surface area contributed by atoms with Crippen LogP contribution in [0.5, 0.6) is 0 Å². The molecule has 0 saturated carbocycles. The van der Waals surface area contributed by atoms with E-state index >= 15 is 0 Å². The number of aliphatic hydroxyl groups is 1. The fourth-order valence-corrected chi connectivity index (χ4v) is 2.23. The van der Waals surface area contributed by atoms with Crippen LogP contribution in [0.25, 0.3) is 0 Å². The molecule has 0 saturated heterocycles. The molecule has 1 unspecified atom stereocenters. The van der Waals surface area contributed by atoms with Crippen LogP contribution < -0.4 is 5.32 Å². The summed E-state index contributed by atoms with van der Waals surface area (Å²) in [6, 6.07) is 4.46. The number of aliphatic hydroxyl groups excluding tert-OH is 1. The smallest absolute Gasteiger partial charge is 0.0471 e. The molecule has 1 aromatic rings. The van der Waals surface area contributed by atoms with Gasteiger partial charge in [-0.25, -0.2) is 0 Å². The van der Waals surface area contributed by atoms with E-state index in [4.69, 9.17) is 5.11 Å². The van der Waals surface area contributed by atoms with Gasteiger partial charge in [-0.3, -0.25) is 0 Å². The zero-order valence-electron chi connectivity index (χ0n) is 11.5. The highest BCUT2D eigenvalue weighted by Crippen LogP contribution is 2.16. The molecule has 0 bridgehead atoms. The summed E-state index contributed by atoms with van der Waals surface area (Å²) in [5.74, 6) is 0.376. The van der Waals surface area contributed by atoms with Crippen LogP contribution >= 0.6 is 0 Å². The second-order valence-electron chi connectivity index (χ2n) is 4.97. The SMILES string of the molecule is CCC(CO)CNCc1c(C)cc(C)cc1C. The molecule has 0 radical (unpaired) electrons. The Hall–Kier alpha value is -0.860. The maximum atomic E-state index is 9.13. The van der Waals surface area contributed by atoms with E-state index in [1.807, 2.05) is 0 Å². The minimum absolute atomic E-state index is 0.273. The van der Waals surface area contributed by atoms with Gasteiger partial charge in [0.05, 0.1) is 0 Å². The van der Waals surface area contributed by atoms with Gasteiger partial charge in [-0.05, 0) is 49.8 Å². The Morgan fingerprint density at radius 2 is 1.76 bits per heavy atom. The topological polar surface area (TPSA) is 32.3 Å². The first-order chi connectivity index (χ1) is 8.08. The first kappa shape index (κ1) is 14.2. The largest absolute Gasteiger partial charge is 0.396 e. The van der Waals surface area contributed by atoms with Gasteiger partial charge in [0.15, 0.2) is 0 Å². The van der Waals surface area contributed by atoms with Gasteiger partial charge in [-0.15, -0.1) is 0 Å². The van der Waals surface area contributed by atoms with Crippen LogP contribution in [0, 0.1) is 26.7 Å². The minimum Gasteiger partial charge on any atom is -0.396 e. The summed E-state index contributed by atoms with van der Waals surface area (Å²) in [7, 11) is 0. The minimum atomic E-state index is 0.273. The number of aryl methyl sites for hydroxylation is 3. The van der Waals surface area contributed by atoms with Crippen molar-refractivity contribution in [3.8, 4) is 0 Å². The Labute approximate surface area is 105 Å². The normalized spacial score (nSPS) is 12.8. The summed E-state index contributed by atoms with van der Waals surface area (Å²) in [6.07, 6.45) is 1.02. The van der Waals surface area contributed by atoms with Gasteiger partial charge < -0.3 is 10.4 Å². The fraction of sp³-hybridized carbons (Fsp3) is 0.600. The van der Waals surface area contributed by atoms with Gasteiger partial charge in [0.25, 0.3) is 0 Å². The lowest BCUT2D eigenvalue weighted by Crippen LogP contribution is -2.25. The summed E-state index contributed by atoms with van der Waals surface area (Å²) in [4.78, 5) is 0. The van der Waals surface area contributed by atoms with E-state index in [0.29, 0.717) is 5.92 Å². The van der Waals surface area contributed by atoms with E-state index in [9.17, 15) is 0 Å². The average molecular weight is 235 g/mol. The second kappa shape index (κ2) is 6.77. The molecule has 0 aliphatic carbocycles. The van der Waals surface area contributed by atoms with Crippen molar-refractivity contribution in [2.75, 3.05) is 13.2 Å². The molecular weight excluding hydrogens is 210 g/mol. The highest BCUT2D eigenvalue weighted by Gasteiger charge is 2.06. The summed E-state index contributed by atoms with van der Waals surface area (Å²) < 4.78 is 0. The Kier molecular flexibility index (Phi) is 5.66. The monoisotopic (exact) mass is 235 g/mol. The zero-order chi connectivity index (χ0) is 12.8. The summed E-state index contributed by atoms with van der Waals surface area (Å²) in [6.45, 7) is 10.6.